The third kappa shape index (κ3) is 4.98. The highest BCUT2D eigenvalue weighted by Crippen LogP contribution is 2.42. The lowest BCUT2D eigenvalue weighted by molar-refractivity contribution is -0.117. The lowest BCUT2D eigenvalue weighted by atomic mass is 10.1. The molecule has 1 fully saturated rings. The highest BCUT2D eigenvalue weighted by molar-refractivity contribution is 8.05. The van der Waals surface area contributed by atoms with Crippen molar-refractivity contribution in [2.45, 2.75) is 18.6 Å². The van der Waals surface area contributed by atoms with Crippen molar-refractivity contribution in [3.05, 3.63) is 101 Å². The summed E-state index contributed by atoms with van der Waals surface area (Å²) in [5.41, 5.74) is 3.20. The van der Waals surface area contributed by atoms with Crippen molar-refractivity contribution in [1.29, 1.82) is 5.26 Å². The molecule has 1 heterocycles. The number of benzene rings is 3. The summed E-state index contributed by atoms with van der Waals surface area (Å²) in [5, 5.41) is 12.6. The molecule has 170 valence electrons. The predicted octanol–water partition coefficient (Wildman–Crippen LogP) is 5.07. The zero-order valence-electron chi connectivity index (χ0n) is 18.8. The largest absolute Gasteiger partial charge is 0.497 e. The van der Waals surface area contributed by atoms with Crippen LogP contribution in [0.25, 0.3) is 0 Å². The molecular weight excluding hydrogens is 446 g/mol. The van der Waals surface area contributed by atoms with Crippen LogP contribution in [0, 0.1) is 18.3 Å². The van der Waals surface area contributed by atoms with E-state index < -0.39 is 11.2 Å². The van der Waals surface area contributed by atoms with Crippen molar-refractivity contribution in [2.75, 3.05) is 17.3 Å². The molecule has 1 N–H and O–H groups in total. The molecule has 0 spiro atoms. The Hall–Kier alpha value is -4.02. The normalized spacial score (nSPS) is 16.7. The summed E-state index contributed by atoms with van der Waals surface area (Å²) in [7, 11) is 1.56. The lowest BCUT2D eigenvalue weighted by Crippen LogP contribution is -2.30. The van der Waals surface area contributed by atoms with Crippen molar-refractivity contribution in [3.8, 4) is 11.8 Å². The number of carbonyl (C=O) groups excluding carboxylic acids is 2. The number of ether oxygens (including phenoxy) is 1. The van der Waals surface area contributed by atoms with E-state index in [9.17, 15) is 14.9 Å². The Balaban J connectivity index is 1.68. The standard InChI is InChI=1S/C27H23N3O3S/c1-18-8-10-19(11-9-18)16-24-26(32)30(21-6-4-3-5-7-21)27(34-24)23(17-28)25(31)29-20-12-14-22(33-2)15-13-20/h3-15,24H,16H2,1-2H3,(H,29,31). The van der Waals surface area contributed by atoms with Gasteiger partial charge in [0.15, 0.2) is 0 Å². The Kier molecular flexibility index (Phi) is 7.00. The molecule has 0 bridgehead atoms. The van der Waals surface area contributed by atoms with E-state index in [0.717, 1.165) is 11.1 Å². The molecule has 1 aliphatic heterocycles. The first-order valence-corrected chi connectivity index (χ1v) is 11.6. The Bertz CT molecular complexity index is 1260. The van der Waals surface area contributed by atoms with Gasteiger partial charge in [-0.05, 0) is 55.3 Å². The van der Waals surface area contributed by atoms with Crippen LogP contribution in [0.15, 0.2) is 89.5 Å². The maximum absolute atomic E-state index is 13.5. The number of nitrogens with one attached hydrogen (secondary N) is 1. The molecule has 1 atom stereocenters. The van der Waals surface area contributed by atoms with E-state index in [1.807, 2.05) is 55.5 Å². The molecule has 3 aromatic carbocycles. The quantitative estimate of drug-likeness (QED) is 0.403. The van der Waals surface area contributed by atoms with Crippen LogP contribution in [-0.4, -0.2) is 24.2 Å². The maximum Gasteiger partial charge on any atom is 0.269 e. The number of aryl methyl sites for hydroxylation is 1. The number of carbonyl (C=O) groups is 2. The summed E-state index contributed by atoms with van der Waals surface area (Å²) in [6.45, 7) is 2.01. The van der Waals surface area contributed by atoms with Crippen molar-refractivity contribution >= 4 is 35.0 Å². The van der Waals surface area contributed by atoms with Gasteiger partial charge in [-0.2, -0.15) is 5.26 Å². The van der Waals surface area contributed by atoms with E-state index in [1.165, 1.54) is 16.7 Å². The van der Waals surface area contributed by atoms with E-state index in [-0.39, 0.29) is 11.5 Å². The van der Waals surface area contributed by atoms with Crippen LogP contribution in [0.5, 0.6) is 5.75 Å². The molecular formula is C27H23N3O3S. The Morgan fingerprint density at radius 3 is 2.35 bits per heavy atom. The zero-order chi connectivity index (χ0) is 24.1. The van der Waals surface area contributed by atoms with Gasteiger partial charge in [0, 0.05) is 11.4 Å². The fourth-order valence-electron chi connectivity index (χ4n) is 3.61. The maximum atomic E-state index is 13.5. The van der Waals surface area contributed by atoms with Crippen LogP contribution in [-0.2, 0) is 16.0 Å². The number of thioether (sulfide) groups is 1. The van der Waals surface area contributed by atoms with Crippen LogP contribution in [0.1, 0.15) is 11.1 Å². The number of nitriles is 1. The van der Waals surface area contributed by atoms with Gasteiger partial charge < -0.3 is 10.1 Å². The Labute approximate surface area is 202 Å². The summed E-state index contributed by atoms with van der Waals surface area (Å²) in [6.07, 6.45) is 0.495. The van der Waals surface area contributed by atoms with E-state index >= 15 is 0 Å². The number of methoxy groups -OCH3 is 1. The number of hydrogen-bond donors (Lipinski definition) is 1. The summed E-state index contributed by atoms with van der Waals surface area (Å²) in [5.74, 6) is -0.0698. The predicted molar refractivity (Wildman–Crippen MR) is 134 cm³/mol. The summed E-state index contributed by atoms with van der Waals surface area (Å²) in [4.78, 5) is 28.1. The van der Waals surface area contributed by atoms with E-state index in [4.69, 9.17) is 4.74 Å². The first-order chi connectivity index (χ1) is 16.5. The first kappa shape index (κ1) is 23.1. The monoisotopic (exact) mass is 469 g/mol. The molecule has 0 radical (unpaired) electrons. The lowest BCUT2D eigenvalue weighted by Gasteiger charge is -2.18. The van der Waals surface area contributed by atoms with Gasteiger partial charge in [0.1, 0.15) is 22.4 Å². The van der Waals surface area contributed by atoms with E-state index in [0.29, 0.717) is 28.6 Å². The van der Waals surface area contributed by atoms with Crippen LogP contribution in [0.3, 0.4) is 0 Å². The van der Waals surface area contributed by atoms with Gasteiger partial charge in [0.25, 0.3) is 5.91 Å². The summed E-state index contributed by atoms with van der Waals surface area (Å²) < 4.78 is 5.14. The molecule has 4 rings (SSSR count). The Morgan fingerprint density at radius 1 is 1.06 bits per heavy atom. The van der Waals surface area contributed by atoms with Crippen LogP contribution < -0.4 is 15.0 Å². The first-order valence-electron chi connectivity index (χ1n) is 10.7. The molecule has 34 heavy (non-hydrogen) atoms. The SMILES string of the molecule is COc1ccc(NC(=O)C(C#N)=C2SC(Cc3ccc(C)cc3)C(=O)N2c2ccccc2)cc1. The molecule has 6 nitrogen and oxygen atoms in total. The second-order valence-corrected chi connectivity index (χ2v) is 8.97. The molecule has 3 aromatic rings. The topological polar surface area (TPSA) is 82.4 Å². The van der Waals surface area contributed by atoms with E-state index in [2.05, 4.69) is 5.32 Å². The third-order valence-corrected chi connectivity index (χ3v) is 6.67. The van der Waals surface area contributed by atoms with Crippen LogP contribution >= 0.6 is 11.8 Å². The number of anilines is 2. The smallest absolute Gasteiger partial charge is 0.269 e. The highest BCUT2D eigenvalue weighted by atomic mass is 32.2. The number of rotatable bonds is 6. The molecule has 1 unspecified atom stereocenters. The molecule has 2 amide bonds. The zero-order valence-corrected chi connectivity index (χ0v) is 19.6. The minimum Gasteiger partial charge on any atom is -0.497 e. The average Bonchev–Trinajstić information content (AvgIpc) is 3.17. The molecule has 1 saturated heterocycles. The molecule has 0 saturated carbocycles. The van der Waals surface area contributed by atoms with Crippen molar-refractivity contribution in [3.63, 3.8) is 0 Å². The molecule has 1 aliphatic rings. The van der Waals surface area contributed by atoms with Crippen molar-refractivity contribution in [2.24, 2.45) is 0 Å². The van der Waals surface area contributed by atoms with Crippen molar-refractivity contribution < 1.29 is 14.3 Å². The summed E-state index contributed by atoms with van der Waals surface area (Å²) >= 11 is 1.25. The van der Waals surface area contributed by atoms with Gasteiger partial charge in [-0.15, -0.1) is 0 Å². The van der Waals surface area contributed by atoms with Gasteiger partial charge in [-0.25, -0.2) is 0 Å². The van der Waals surface area contributed by atoms with Gasteiger partial charge in [-0.3, -0.25) is 14.5 Å². The van der Waals surface area contributed by atoms with Gasteiger partial charge in [0.05, 0.1) is 12.4 Å². The number of nitrogens with zero attached hydrogens (tertiary/aromatic N) is 2. The molecule has 0 aromatic heterocycles. The van der Waals surface area contributed by atoms with Gasteiger partial charge in [0.2, 0.25) is 5.91 Å². The fourth-order valence-corrected chi connectivity index (χ4v) is 4.91. The third-order valence-electron chi connectivity index (χ3n) is 5.41. The fraction of sp³-hybridized carbons (Fsp3) is 0.148. The highest BCUT2D eigenvalue weighted by Gasteiger charge is 2.40. The van der Waals surface area contributed by atoms with Crippen LogP contribution in [0.4, 0.5) is 11.4 Å². The minimum absolute atomic E-state index is 0.107. The second-order valence-electron chi connectivity index (χ2n) is 7.78. The summed E-state index contributed by atoms with van der Waals surface area (Å²) in [6, 6.07) is 26.0. The van der Waals surface area contributed by atoms with Crippen molar-refractivity contribution in [1.82, 2.24) is 0 Å². The van der Waals surface area contributed by atoms with Crippen LogP contribution in [0.2, 0.25) is 0 Å². The molecule has 7 heteroatoms. The number of amides is 2. The number of para-hydroxylation sites is 1. The average molecular weight is 470 g/mol. The van der Waals surface area contributed by atoms with Gasteiger partial charge in [-0.1, -0.05) is 59.8 Å². The van der Waals surface area contributed by atoms with Gasteiger partial charge >= 0.3 is 0 Å². The number of hydrogen-bond acceptors (Lipinski definition) is 5. The van der Waals surface area contributed by atoms with E-state index in [1.54, 1.807) is 43.5 Å². The minimum atomic E-state index is -0.570. The molecule has 0 aliphatic carbocycles. The second kappa shape index (κ2) is 10.3. The Morgan fingerprint density at radius 2 is 1.74 bits per heavy atom.